The molecule has 6 nitrogen and oxygen atoms in total. The highest BCUT2D eigenvalue weighted by atomic mass is 19.4. The van der Waals surface area contributed by atoms with Crippen molar-refractivity contribution in [3.63, 3.8) is 0 Å². The van der Waals surface area contributed by atoms with Gasteiger partial charge in [0.1, 0.15) is 0 Å². The van der Waals surface area contributed by atoms with Gasteiger partial charge in [-0.2, -0.15) is 18.3 Å². The molecule has 0 bridgehead atoms. The normalized spacial score (nSPS) is 18.7. The highest BCUT2D eigenvalue weighted by Crippen LogP contribution is 2.30. The third kappa shape index (κ3) is 5.96. The number of piperidine rings is 1. The van der Waals surface area contributed by atoms with Gasteiger partial charge in [0.15, 0.2) is 11.7 Å². The zero-order valence-corrected chi connectivity index (χ0v) is 16.7. The van der Waals surface area contributed by atoms with Crippen LogP contribution in [0.1, 0.15) is 29.7 Å². The summed E-state index contributed by atoms with van der Waals surface area (Å²) in [5.41, 5.74) is 0.499. The average molecular weight is 408 g/mol. The smallest absolute Gasteiger partial charge is 0.352 e. The van der Waals surface area contributed by atoms with E-state index in [1.54, 1.807) is 7.05 Å². The summed E-state index contributed by atoms with van der Waals surface area (Å²) in [6, 6.07) is 10.5. The van der Waals surface area contributed by atoms with Gasteiger partial charge in [-0.05, 0) is 24.9 Å². The standard InChI is InChI=1S/C20H27F3N6/c1-24-19(25-11-16-13-28(2)27-18(16)20(21,22)23)26-17-9-6-10-29(14-17)12-15-7-4-3-5-8-15/h3-5,7-8,13,17H,6,9-12,14H2,1-2H3,(H2,24,25,26). The molecule has 29 heavy (non-hydrogen) atoms. The molecule has 0 amide bonds. The molecular weight excluding hydrogens is 381 g/mol. The summed E-state index contributed by atoms with van der Waals surface area (Å²) in [7, 11) is 3.10. The molecule has 0 spiro atoms. The van der Waals surface area contributed by atoms with Gasteiger partial charge in [0, 0.05) is 51.5 Å². The monoisotopic (exact) mass is 408 g/mol. The molecule has 1 aliphatic heterocycles. The Hall–Kier alpha value is -2.55. The number of halogens is 3. The molecule has 2 aromatic rings. The van der Waals surface area contributed by atoms with Gasteiger partial charge in [0.2, 0.25) is 0 Å². The van der Waals surface area contributed by atoms with Crippen LogP contribution in [-0.4, -0.2) is 46.8 Å². The Balaban J connectivity index is 1.55. The van der Waals surface area contributed by atoms with Gasteiger partial charge in [0.05, 0.1) is 0 Å². The fourth-order valence-corrected chi connectivity index (χ4v) is 3.63. The molecule has 1 fully saturated rings. The first-order valence-electron chi connectivity index (χ1n) is 9.68. The topological polar surface area (TPSA) is 57.5 Å². The maximum absolute atomic E-state index is 13.1. The second kappa shape index (κ2) is 9.30. The summed E-state index contributed by atoms with van der Waals surface area (Å²) < 4.78 is 40.5. The molecule has 1 saturated heterocycles. The lowest BCUT2D eigenvalue weighted by molar-refractivity contribution is -0.142. The van der Waals surface area contributed by atoms with Crippen LogP contribution in [0.4, 0.5) is 13.2 Å². The second-order valence-electron chi connectivity index (χ2n) is 7.30. The Morgan fingerprint density at radius 1 is 1.28 bits per heavy atom. The second-order valence-corrected chi connectivity index (χ2v) is 7.30. The molecule has 3 rings (SSSR count). The number of likely N-dealkylation sites (tertiary alicyclic amines) is 1. The highest BCUT2D eigenvalue weighted by Gasteiger charge is 2.36. The van der Waals surface area contributed by atoms with E-state index in [2.05, 4.69) is 37.8 Å². The van der Waals surface area contributed by atoms with Crippen molar-refractivity contribution in [3.05, 3.63) is 53.3 Å². The molecule has 2 heterocycles. The molecule has 2 N–H and O–H groups in total. The minimum Gasteiger partial charge on any atom is -0.352 e. The summed E-state index contributed by atoms with van der Waals surface area (Å²) >= 11 is 0. The summed E-state index contributed by atoms with van der Waals surface area (Å²) in [6.45, 7) is 2.78. The van der Waals surface area contributed by atoms with E-state index in [1.165, 1.54) is 23.5 Å². The van der Waals surface area contributed by atoms with Crippen LogP contribution in [0, 0.1) is 0 Å². The van der Waals surface area contributed by atoms with Crippen molar-refractivity contribution in [2.45, 2.75) is 38.1 Å². The lowest BCUT2D eigenvalue weighted by Gasteiger charge is -2.34. The van der Waals surface area contributed by atoms with Crippen LogP contribution in [0.15, 0.2) is 41.5 Å². The number of hydrogen-bond acceptors (Lipinski definition) is 3. The van der Waals surface area contributed by atoms with Gasteiger partial charge in [-0.15, -0.1) is 0 Å². The minimum absolute atomic E-state index is 0.00278. The van der Waals surface area contributed by atoms with Crippen LogP contribution in [0.2, 0.25) is 0 Å². The van der Waals surface area contributed by atoms with Crippen molar-refractivity contribution >= 4 is 5.96 Å². The molecular formula is C20H27F3N6. The van der Waals surface area contributed by atoms with Gasteiger partial charge < -0.3 is 10.6 Å². The molecule has 158 valence electrons. The van der Waals surface area contributed by atoms with Crippen LogP contribution in [-0.2, 0) is 26.3 Å². The highest BCUT2D eigenvalue weighted by molar-refractivity contribution is 5.80. The van der Waals surface area contributed by atoms with Gasteiger partial charge in [-0.1, -0.05) is 30.3 Å². The predicted octanol–water partition coefficient (Wildman–Crippen LogP) is 2.77. The van der Waals surface area contributed by atoms with Crippen molar-refractivity contribution in [1.29, 1.82) is 0 Å². The maximum atomic E-state index is 13.1. The number of benzene rings is 1. The number of aryl methyl sites for hydroxylation is 1. The molecule has 0 radical (unpaired) electrons. The van der Waals surface area contributed by atoms with E-state index in [0.717, 1.165) is 32.5 Å². The number of aromatic nitrogens is 2. The zero-order chi connectivity index (χ0) is 20.9. The third-order valence-corrected chi connectivity index (χ3v) is 4.94. The quantitative estimate of drug-likeness (QED) is 0.590. The third-order valence-electron chi connectivity index (χ3n) is 4.94. The Labute approximate surface area is 168 Å². The largest absolute Gasteiger partial charge is 0.435 e. The summed E-state index contributed by atoms with van der Waals surface area (Å²) in [6.07, 6.45) is -1.04. The number of alkyl halides is 3. The molecule has 1 atom stereocenters. The van der Waals surface area contributed by atoms with Crippen LogP contribution in [0.3, 0.4) is 0 Å². The summed E-state index contributed by atoms with van der Waals surface area (Å²) in [5, 5.41) is 9.87. The number of nitrogens with one attached hydrogen (secondary N) is 2. The maximum Gasteiger partial charge on any atom is 0.435 e. The number of rotatable bonds is 5. The van der Waals surface area contributed by atoms with Gasteiger partial charge in [-0.25, -0.2) is 0 Å². The number of nitrogens with zero attached hydrogens (tertiary/aromatic N) is 4. The number of aliphatic imine (C=N–C) groups is 1. The zero-order valence-electron chi connectivity index (χ0n) is 16.7. The fraction of sp³-hybridized carbons (Fsp3) is 0.500. The minimum atomic E-state index is -4.48. The lowest BCUT2D eigenvalue weighted by Crippen LogP contribution is -2.50. The van der Waals surface area contributed by atoms with E-state index in [0.29, 0.717) is 5.96 Å². The van der Waals surface area contributed by atoms with Crippen LogP contribution >= 0.6 is 0 Å². The van der Waals surface area contributed by atoms with Crippen molar-refractivity contribution in [1.82, 2.24) is 25.3 Å². The van der Waals surface area contributed by atoms with Crippen LogP contribution in [0.25, 0.3) is 0 Å². The van der Waals surface area contributed by atoms with Crippen LogP contribution < -0.4 is 10.6 Å². The summed E-state index contributed by atoms with van der Waals surface area (Å²) in [4.78, 5) is 6.55. The van der Waals surface area contributed by atoms with Crippen molar-refractivity contribution in [2.75, 3.05) is 20.1 Å². The molecule has 0 saturated carbocycles. The van der Waals surface area contributed by atoms with Gasteiger partial charge >= 0.3 is 6.18 Å². The SMILES string of the molecule is CN=C(NCc1cn(C)nc1C(F)(F)F)NC1CCCN(Cc2ccccc2)C1. The number of guanidine groups is 1. The molecule has 1 aromatic carbocycles. The van der Waals surface area contributed by atoms with Gasteiger partial charge in [0.25, 0.3) is 0 Å². The Morgan fingerprint density at radius 2 is 2.03 bits per heavy atom. The van der Waals surface area contributed by atoms with E-state index in [4.69, 9.17) is 0 Å². The van der Waals surface area contributed by atoms with Gasteiger partial charge in [-0.3, -0.25) is 14.6 Å². The Bertz CT molecular complexity index is 815. The van der Waals surface area contributed by atoms with E-state index in [1.807, 2.05) is 18.2 Å². The van der Waals surface area contributed by atoms with Crippen molar-refractivity contribution in [3.8, 4) is 0 Å². The first-order valence-corrected chi connectivity index (χ1v) is 9.68. The Kier molecular flexibility index (Phi) is 6.79. The first kappa shape index (κ1) is 21.2. The molecule has 0 aliphatic carbocycles. The molecule has 1 aromatic heterocycles. The average Bonchev–Trinajstić information content (AvgIpc) is 3.07. The van der Waals surface area contributed by atoms with Crippen molar-refractivity contribution in [2.24, 2.45) is 12.0 Å². The first-order chi connectivity index (χ1) is 13.8. The fourth-order valence-electron chi connectivity index (χ4n) is 3.63. The van der Waals surface area contributed by atoms with E-state index >= 15 is 0 Å². The lowest BCUT2D eigenvalue weighted by atomic mass is 10.0. The van der Waals surface area contributed by atoms with Crippen molar-refractivity contribution < 1.29 is 13.2 Å². The summed E-state index contributed by atoms with van der Waals surface area (Å²) in [5.74, 6) is 0.494. The van der Waals surface area contributed by atoms with Crippen LogP contribution in [0.5, 0.6) is 0 Å². The molecule has 9 heteroatoms. The predicted molar refractivity (Wildman–Crippen MR) is 106 cm³/mol. The molecule has 1 unspecified atom stereocenters. The Morgan fingerprint density at radius 3 is 2.72 bits per heavy atom. The van der Waals surface area contributed by atoms with E-state index < -0.39 is 11.9 Å². The van der Waals surface area contributed by atoms with E-state index in [9.17, 15) is 13.2 Å². The molecule has 1 aliphatic rings. The number of hydrogen-bond donors (Lipinski definition) is 2. The van der Waals surface area contributed by atoms with E-state index in [-0.39, 0.29) is 18.2 Å².